The van der Waals surface area contributed by atoms with Crippen LogP contribution in [-0.2, 0) is 14.3 Å². The molecule has 4 saturated heterocycles. The molecule has 0 bridgehead atoms. The fourth-order valence-corrected chi connectivity index (χ4v) is 14.1. The standard InChI is InChI=1S/C61H80N12O6S/c1-37(2)57(61(77)72-35-47(74)28-53(72)60(76)65-38(3)43-10-12-45(13-11-43)58-39(4)63-36-80-58)55-30-56(68-79-55)71-24-18-49(19-25-71)78-48-16-22-70(23-17-48)33-42-26-41(27-42)32-69-20-14-44(15-21-69)40(5)73-34-46(31-64-73)51-29-52(66-67-59(51)62)50-8-6-7-9-54(50)75/h6-13,29-31,34,36-38,40-42,44,47-49,53,57,74-75H,14-28,32-33,35H2,1-5H3,(H2,62,67)(H,65,76)/t38-,40+,41?,42?,47+,53-,57+/m0/s1. The first kappa shape index (κ1) is 55.6. The molecule has 19 heteroatoms. The predicted octanol–water partition coefficient (Wildman–Crippen LogP) is 8.74. The van der Waals surface area contributed by atoms with E-state index in [1.165, 1.54) is 30.8 Å². The SMILES string of the molecule is Cc1ncsc1-c1ccc([C@H](C)NC(=O)[C@@H]2C[C@@H](O)CN2C(=O)[C@@H](c2cc(N3CCC(OC4CCN(CC5CC(CN6CCC([C@@H](C)n7cc(-c8cc(-c9ccccc9O)nnc8N)cn7)CC6)C5)CC4)CC3)no2)C(C)C)cc1. The second kappa shape index (κ2) is 24.5. The molecule has 5 N–H and O–H groups in total. The smallest absolute Gasteiger partial charge is 0.243 e. The van der Waals surface area contributed by atoms with Gasteiger partial charge in [-0.05, 0) is 138 Å². The summed E-state index contributed by atoms with van der Waals surface area (Å²) in [7, 11) is 0. The number of carbonyl (C=O) groups excluding carboxylic acids is 2. The third-order valence-corrected chi connectivity index (χ3v) is 19.1. The van der Waals surface area contributed by atoms with Crippen LogP contribution in [0, 0.1) is 30.6 Å². The number of benzene rings is 2. The van der Waals surface area contributed by atoms with Crippen molar-refractivity contribution in [3.63, 3.8) is 0 Å². The van der Waals surface area contributed by atoms with Crippen LogP contribution in [0.25, 0.3) is 32.8 Å². The van der Waals surface area contributed by atoms with E-state index in [4.69, 9.17) is 20.1 Å². The Hall–Kier alpha value is -6.25. The lowest BCUT2D eigenvalue weighted by Crippen LogP contribution is -2.48. The Bertz CT molecular complexity index is 3040. The molecule has 4 aliphatic heterocycles. The summed E-state index contributed by atoms with van der Waals surface area (Å²) < 4.78 is 14.8. The van der Waals surface area contributed by atoms with Crippen molar-refractivity contribution >= 4 is 34.8 Å². The summed E-state index contributed by atoms with van der Waals surface area (Å²) >= 11 is 1.60. The number of amides is 2. The fourth-order valence-electron chi connectivity index (χ4n) is 13.3. The number of phenolic OH excluding ortho intramolecular Hbond substituents is 1. The molecule has 0 spiro atoms. The lowest BCUT2D eigenvalue weighted by Gasteiger charge is -2.44. The largest absolute Gasteiger partial charge is 0.507 e. The van der Waals surface area contributed by atoms with Gasteiger partial charge in [-0.3, -0.25) is 14.3 Å². The number of aromatic hydroxyl groups is 1. The van der Waals surface area contributed by atoms with Crippen LogP contribution in [0.4, 0.5) is 11.6 Å². The molecule has 2 aromatic carbocycles. The summed E-state index contributed by atoms with van der Waals surface area (Å²) in [5.74, 6) is 2.52. The number of carbonyl (C=O) groups is 2. The lowest BCUT2D eigenvalue weighted by atomic mass is 9.74. The van der Waals surface area contributed by atoms with E-state index in [0.717, 1.165) is 128 Å². The van der Waals surface area contributed by atoms with Crippen molar-refractivity contribution < 1.29 is 29.1 Å². The van der Waals surface area contributed by atoms with Crippen LogP contribution in [0.2, 0.25) is 0 Å². The van der Waals surface area contributed by atoms with Gasteiger partial charge in [0.2, 0.25) is 11.8 Å². The predicted molar refractivity (Wildman–Crippen MR) is 310 cm³/mol. The van der Waals surface area contributed by atoms with E-state index in [-0.39, 0.29) is 54.6 Å². The van der Waals surface area contributed by atoms with Crippen LogP contribution in [0.3, 0.4) is 0 Å². The summed E-state index contributed by atoms with van der Waals surface area (Å²) in [6.07, 6.45) is 12.7. The number of aliphatic hydroxyl groups is 1. The molecule has 0 radical (unpaired) electrons. The highest BCUT2D eigenvalue weighted by Crippen LogP contribution is 2.39. The van der Waals surface area contributed by atoms with E-state index in [1.54, 1.807) is 23.5 Å². The van der Waals surface area contributed by atoms with Crippen LogP contribution in [-0.4, -0.2) is 150 Å². The number of hydrogen-bond acceptors (Lipinski definition) is 16. The summed E-state index contributed by atoms with van der Waals surface area (Å²) in [6.45, 7) is 18.7. The Morgan fingerprint density at radius 1 is 0.838 bits per heavy atom. The normalized spacial score (nSPS) is 23.1. The van der Waals surface area contributed by atoms with Gasteiger partial charge in [0, 0.05) is 81.2 Å². The van der Waals surface area contributed by atoms with E-state index in [2.05, 4.69) is 58.2 Å². The van der Waals surface area contributed by atoms with Crippen molar-refractivity contribution in [2.24, 2.45) is 23.7 Å². The Balaban J connectivity index is 0.576. The van der Waals surface area contributed by atoms with Gasteiger partial charge in [0.1, 0.15) is 17.7 Å². The number of β-amino-alcohol motifs (C(OH)–C–C–N with tert-alkyl or cyclic N) is 1. The van der Waals surface area contributed by atoms with Crippen LogP contribution >= 0.6 is 11.3 Å². The van der Waals surface area contributed by atoms with Gasteiger partial charge in [-0.1, -0.05) is 55.4 Å². The highest BCUT2D eigenvalue weighted by molar-refractivity contribution is 7.13. The Labute approximate surface area is 474 Å². The number of thiazole rings is 1. The van der Waals surface area contributed by atoms with E-state index in [9.17, 15) is 19.8 Å². The Kier molecular flexibility index (Phi) is 17.0. The number of nitrogen functional groups attached to an aromatic ring is 1. The Morgan fingerprint density at radius 2 is 1.51 bits per heavy atom. The molecule has 5 atom stereocenters. The third kappa shape index (κ3) is 12.5. The maximum atomic E-state index is 14.4. The minimum absolute atomic E-state index is 0.0859. The quantitative estimate of drug-likeness (QED) is 0.0633. The van der Waals surface area contributed by atoms with Crippen molar-refractivity contribution in [2.75, 3.05) is 69.5 Å². The number of nitrogens with zero attached hydrogens (tertiary/aromatic N) is 10. The molecule has 1 aliphatic carbocycles. The molecule has 1 saturated carbocycles. The maximum Gasteiger partial charge on any atom is 0.243 e. The first-order valence-corrected chi connectivity index (χ1v) is 30.2. The number of nitrogens with two attached hydrogens (primary N) is 1. The molecule has 4 aromatic heterocycles. The van der Waals surface area contributed by atoms with Crippen LogP contribution in [0.1, 0.15) is 121 Å². The average molecular weight is 1110 g/mol. The van der Waals surface area contributed by atoms with Gasteiger partial charge in [-0.25, -0.2) is 4.98 Å². The number of likely N-dealkylation sites (tertiary alicyclic amines) is 3. The lowest BCUT2D eigenvalue weighted by molar-refractivity contribution is -0.141. The topological polar surface area (TPSA) is 217 Å². The number of nitrogens with one attached hydrogen (secondary N) is 1. The molecule has 5 fully saturated rings. The molecular weight excluding hydrogens is 1030 g/mol. The summed E-state index contributed by atoms with van der Waals surface area (Å²) in [5.41, 5.74) is 14.0. The molecule has 18 nitrogen and oxygen atoms in total. The minimum atomic E-state index is -0.800. The highest BCUT2D eigenvalue weighted by atomic mass is 32.1. The number of hydrogen-bond donors (Lipinski definition) is 4. The number of anilines is 2. The molecule has 2 amide bonds. The number of para-hydroxylation sites is 1. The summed E-state index contributed by atoms with van der Waals surface area (Å²) in [4.78, 5) is 42.8. The third-order valence-electron chi connectivity index (χ3n) is 18.1. The number of aryl methyl sites for hydroxylation is 1. The van der Waals surface area contributed by atoms with Crippen molar-refractivity contribution in [1.29, 1.82) is 0 Å². The van der Waals surface area contributed by atoms with Crippen molar-refractivity contribution in [3.8, 4) is 38.6 Å². The van der Waals surface area contributed by atoms with E-state index in [0.29, 0.717) is 34.9 Å². The summed E-state index contributed by atoms with van der Waals surface area (Å²) in [5, 5.41) is 42.0. The van der Waals surface area contributed by atoms with Gasteiger partial charge in [0.15, 0.2) is 17.4 Å². The minimum Gasteiger partial charge on any atom is -0.507 e. The van der Waals surface area contributed by atoms with Gasteiger partial charge in [0.05, 0.1) is 58.4 Å². The first-order valence-electron chi connectivity index (χ1n) is 29.3. The second-order valence-electron chi connectivity index (χ2n) is 24.0. The number of phenols is 1. The van der Waals surface area contributed by atoms with Gasteiger partial charge in [-0.15, -0.1) is 21.5 Å². The van der Waals surface area contributed by atoms with Gasteiger partial charge in [0.25, 0.3) is 0 Å². The number of ether oxygens (including phenoxy) is 1. The van der Waals surface area contributed by atoms with Crippen LogP contribution in [0.5, 0.6) is 5.75 Å². The number of aliphatic hydroxyl groups excluding tert-OH is 1. The molecular formula is C61H80N12O6S. The number of rotatable bonds is 18. The first-order chi connectivity index (χ1) is 38.7. The zero-order valence-electron chi connectivity index (χ0n) is 47.1. The van der Waals surface area contributed by atoms with Crippen LogP contribution < -0.4 is 16.0 Å². The fraction of sp³-hybridized carbons (Fsp3) is 0.557. The highest BCUT2D eigenvalue weighted by Gasteiger charge is 2.44. The molecule has 426 valence electrons. The summed E-state index contributed by atoms with van der Waals surface area (Å²) in [6, 6.07) is 18.2. The van der Waals surface area contributed by atoms with Crippen LogP contribution in [0.15, 0.2) is 83.1 Å². The number of aromatic nitrogens is 6. The second-order valence-corrected chi connectivity index (χ2v) is 24.8. The molecule has 6 aromatic rings. The maximum absolute atomic E-state index is 14.4. The monoisotopic (exact) mass is 1110 g/mol. The average Bonchev–Trinajstić information content (AvgIpc) is 4.30. The zero-order valence-corrected chi connectivity index (χ0v) is 47.9. The van der Waals surface area contributed by atoms with Crippen molar-refractivity contribution in [3.05, 3.63) is 95.6 Å². The molecule has 5 aliphatic rings. The van der Waals surface area contributed by atoms with E-state index in [1.807, 2.05) is 87.9 Å². The van der Waals surface area contributed by atoms with E-state index < -0.39 is 18.1 Å². The van der Waals surface area contributed by atoms with Gasteiger partial charge >= 0.3 is 0 Å². The molecule has 11 rings (SSSR count). The van der Waals surface area contributed by atoms with E-state index >= 15 is 0 Å². The molecule has 8 heterocycles. The molecule has 0 unspecified atom stereocenters. The van der Waals surface area contributed by atoms with Crippen molar-refractivity contribution in [2.45, 2.75) is 135 Å². The van der Waals surface area contributed by atoms with Crippen molar-refractivity contribution in [1.82, 2.24) is 50.1 Å². The van der Waals surface area contributed by atoms with Gasteiger partial charge < -0.3 is 50.1 Å². The zero-order chi connectivity index (χ0) is 55.6. The number of piperidine rings is 3. The Morgan fingerprint density at radius 3 is 2.17 bits per heavy atom. The molecule has 80 heavy (non-hydrogen) atoms. The van der Waals surface area contributed by atoms with Gasteiger partial charge in [-0.2, -0.15) is 5.10 Å².